The first kappa shape index (κ1) is 25.9. The van der Waals surface area contributed by atoms with Crippen molar-refractivity contribution in [1.82, 2.24) is 20.0 Å². The Kier molecular flexibility index (Phi) is 11.0. The van der Waals surface area contributed by atoms with Gasteiger partial charge in [-0.15, -0.1) is 24.0 Å². The van der Waals surface area contributed by atoms with Gasteiger partial charge >= 0.3 is 5.97 Å². The van der Waals surface area contributed by atoms with E-state index in [-0.39, 0.29) is 35.9 Å². The normalized spacial score (nSPS) is 19.1. The van der Waals surface area contributed by atoms with Gasteiger partial charge in [-0.1, -0.05) is 31.2 Å². The summed E-state index contributed by atoms with van der Waals surface area (Å²) in [7, 11) is 3.28. The summed E-state index contributed by atoms with van der Waals surface area (Å²) in [6, 6.07) is 8.91. The van der Waals surface area contributed by atoms with Crippen LogP contribution in [0.4, 0.5) is 0 Å². The van der Waals surface area contributed by atoms with Gasteiger partial charge in [0.2, 0.25) is 0 Å². The third kappa shape index (κ3) is 7.61. The van der Waals surface area contributed by atoms with Crippen LogP contribution in [0.25, 0.3) is 0 Å². The van der Waals surface area contributed by atoms with Crippen LogP contribution in [0.2, 0.25) is 0 Å². The van der Waals surface area contributed by atoms with Crippen LogP contribution in [0, 0.1) is 5.92 Å². The maximum Gasteiger partial charge on any atom is 0.308 e. The van der Waals surface area contributed by atoms with Crippen LogP contribution >= 0.6 is 24.0 Å². The highest BCUT2D eigenvalue weighted by Crippen LogP contribution is 2.18. The molecule has 31 heavy (non-hydrogen) atoms. The Morgan fingerprint density at radius 3 is 2.16 bits per heavy atom. The first-order valence-electron chi connectivity index (χ1n) is 11.2. The van der Waals surface area contributed by atoms with E-state index < -0.39 is 0 Å². The number of ether oxygens (including phenoxy) is 1. The largest absolute Gasteiger partial charge is 0.469 e. The molecule has 0 bridgehead atoms. The predicted octanol–water partition coefficient (Wildman–Crippen LogP) is 2.40. The number of piperidine rings is 1. The number of benzene rings is 1. The Morgan fingerprint density at radius 2 is 1.61 bits per heavy atom. The number of likely N-dealkylation sites (tertiary alicyclic amines) is 1. The molecule has 1 N–H and O–H groups in total. The van der Waals surface area contributed by atoms with E-state index in [1.807, 2.05) is 7.05 Å². The molecule has 2 fully saturated rings. The van der Waals surface area contributed by atoms with Crippen molar-refractivity contribution >= 4 is 35.9 Å². The minimum atomic E-state index is -0.0927. The zero-order chi connectivity index (χ0) is 21.3. The van der Waals surface area contributed by atoms with Gasteiger partial charge in [-0.25, -0.2) is 0 Å². The minimum Gasteiger partial charge on any atom is -0.469 e. The van der Waals surface area contributed by atoms with Crippen molar-refractivity contribution in [2.75, 3.05) is 60.0 Å². The lowest BCUT2D eigenvalue weighted by Gasteiger charge is -2.34. The van der Waals surface area contributed by atoms with E-state index >= 15 is 0 Å². The quantitative estimate of drug-likeness (QED) is 0.258. The molecule has 0 saturated carbocycles. The number of nitrogens with one attached hydrogen (secondary N) is 1. The summed E-state index contributed by atoms with van der Waals surface area (Å²) in [4.78, 5) is 23.4. The van der Waals surface area contributed by atoms with Crippen molar-refractivity contribution in [3.05, 3.63) is 35.4 Å². The highest BCUT2D eigenvalue weighted by Gasteiger charge is 2.26. The van der Waals surface area contributed by atoms with Gasteiger partial charge in [-0.05, 0) is 30.5 Å². The van der Waals surface area contributed by atoms with Gasteiger partial charge in [0.15, 0.2) is 5.96 Å². The standard InChI is InChI=1S/C23H37N5O2.HI/c1-4-26-13-15-27(16-14-26)18-20-7-5-19(6-8-20)17-25-23(24-2)28-11-9-21(10-12-28)22(29)30-3;/h5-8,21H,4,9-18H2,1-3H3,(H,24,25);1H. The predicted molar refractivity (Wildman–Crippen MR) is 136 cm³/mol. The number of halogens is 1. The first-order valence-corrected chi connectivity index (χ1v) is 11.2. The molecule has 2 heterocycles. The molecule has 7 nitrogen and oxygen atoms in total. The van der Waals surface area contributed by atoms with E-state index in [0.717, 1.165) is 64.6 Å². The number of hydrogen-bond donors (Lipinski definition) is 1. The summed E-state index contributed by atoms with van der Waals surface area (Å²) in [5.74, 6) is 0.822. The molecular formula is C23H38IN5O2. The molecule has 0 aliphatic carbocycles. The molecule has 8 heteroatoms. The number of aliphatic imine (C=N–C) groups is 1. The van der Waals surface area contributed by atoms with Gasteiger partial charge in [0.25, 0.3) is 0 Å². The van der Waals surface area contributed by atoms with E-state index in [9.17, 15) is 4.79 Å². The van der Waals surface area contributed by atoms with Gasteiger partial charge in [0, 0.05) is 59.4 Å². The van der Waals surface area contributed by atoms with Crippen molar-refractivity contribution in [3.63, 3.8) is 0 Å². The Balaban J connectivity index is 0.00000341. The Labute approximate surface area is 204 Å². The molecule has 174 valence electrons. The number of piperazine rings is 1. The zero-order valence-corrected chi connectivity index (χ0v) is 21.5. The SMILES string of the molecule is CCN1CCN(Cc2ccc(CNC(=NC)N3CCC(C(=O)OC)CC3)cc2)CC1.I. The van der Waals surface area contributed by atoms with Crippen LogP contribution in [0.5, 0.6) is 0 Å². The Morgan fingerprint density at radius 1 is 1.03 bits per heavy atom. The average Bonchev–Trinajstić information content (AvgIpc) is 2.81. The zero-order valence-electron chi connectivity index (χ0n) is 19.2. The molecule has 0 aromatic heterocycles. The van der Waals surface area contributed by atoms with Crippen molar-refractivity contribution in [1.29, 1.82) is 0 Å². The molecule has 0 radical (unpaired) electrons. The van der Waals surface area contributed by atoms with Crippen molar-refractivity contribution in [2.24, 2.45) is 10.9 Å². The van der Waals surface area contributed by atoms with Crippen LogP contribution in [0.3, 0.4) is 0 Å². The van der Waals surface area contributed by atoms with Crippen LogP contribution in [-0.2, 0) is 22.6 Å². The molecule has 1 aromatic carbocycles. The van der Waals surface area contributed by atoms with Gasteiger partial charge in [-0.2, -0.15) is 0 Å². The minimum absolute atomic E-state index is 0. The lowest BCUT2D eigenvalue weighted by atomic mass is 9.97. The molecule has 0 atom stereocenters. The van der Waals surface area contributed by atoms with Crippen molar-refractivity contribution in [2.45, 2.75) is 32.9 Å². The number of rotatable bonds is 6. The second kappa shape index (κ2) is 13.2. The topological polar surface area (TPSA) is 60.4 Å². The van der Waals surface area contributed by atoms with E-state index in [1.165, 1.54) is 31.3 Å². The lowest BCUT2D eigenvalue weighted by Crippen LogP contribution is -2.46. The molecule has 2 saturated heterocycles. The number of hydrogen-bond acceptors (Lipinski definition) is 5. The molecule has 2 aliphatic rings. The summed E-state index contributed by atoms with van der Waals surface area (Å²) in [6.45, 7) is 11.5. The molecule has 2 aliphatic heterocycles. The molecule has 0 unspecified atom stereocenters. The van der Waals surface area contributed by atoms with E-state index in [2.05, 4.69) is 56.2 Å². The summed E-state index contributed by atoms with van der Waals surface area (Å²) in [5, 5.41) is 3.47. The van der Waals surface area contributed by atoms with Crippen LogP contribution in [-0.4, -0.2) is 86.6 Å². The second-order valence-electron chi connectivity index (χ2n) is 8.21. The fourth-order valence-corrected chi connectivity index (χ4v) is 4.29. The van der Waals surface area contributed by atoms with Crippen LogP contribution < -0.4 is 5.32 Å². The number of guanidine groups is 1. The number of likely N-dealkylation sites (N-methyl/N-ethyl adjacent to an activating group) is 1. The van der Waals surface area contributed by atoms with Gasteiger partial charge in [-0.3, -0.25) is 14.7 Å². The summed E-state index contributed by atoms with van der Waals surface area (Å²) < 4.78 is 4.88. The van der Waals surface area contributed by atoms with Crippen LogP contribution in [0.1, 0.15) is 30.9 Å². The smallest absolute Gasteiger partial charge is 0.308 e. The number of esters is 1. The Bertz CT molecular complexity index is 696. The first-order chi connectivity index (χ1) is 14.6. The maximum absolute atomic E-state index is 11.7. The highest BCUT2D eigenvalue weighted by molar-refractivity contribution is 14.0. The summed E-state index contributed by atoms with van der Waals surface area (Å²) in [6.07, 6.45) is 1.63. The molecule has 0 spiro atoms. The summed E-state index contributed by atoms with van der Waals surface area (Å²) >= 11 is 0. The molecule has 0 amide bonds. The Hall–Kier alpha value is -1.39. The third-order valence-corrected chi connectivity index (χ3v) is 6.33. The second-order valence-corrected chi connectivity index (χ2v) is 8.21. The average molecular weight is 543 g/mol. The van der Waals surface area contributed by atoms with E-state index in [4.69, 9.17) is 4.74 Å². The number of nitrogens with zero attached hydrogens (tertiary/aromatic N) is 4. The third-order valence-electron chi connectivity index (χ3n) is 6.33. The number of methoxy groups -OCH3 is 1. The molecule has 1 aromatic rings. The molecular weight excluding hydrogens is 505 g/mol. The van der Waals surface area contributed by atoms with Gasteiger partial charge in [0.05, 0.1) is 13.0 Å². The molecule has 3 rings (SSSR count). The van der Waals surface area contributed by atoms with E-state index in [1.54, 1.807) is 0 Å². The fraction of sp³-hybridized carbons (Fsp3) is 0.652. The number of carbonyl (C=O) groups is 1. The van der Waals surface area contributed by atoms with E-state index in [0.29, 0.717) is 0 Å². The number of carbonyl (C=O) groups excluding carboxylic acids is 1. The van der Waals surface area contributed by atoms with Crippen LogP contribution in [0.15, 0.2) is 29.3 Å². The maximum atomic E-state index is 11.7. The monoisotopic (exact) mass is 543 g/mol. The fourth-order valence-electron chi connectivity index (χ4n) is 4.29. The van der Waals surface area contributed by atoms with Crippen molar-refractivity contribution in [3.8, 4) is 0 Å². The summed E-state index contributed by atoms with van der Waals surface area (Å²) in [5.41, 5.74) is 2.62. The van der Waals surface area contributed by atoms with Gasteiger partial charge in [0.1, 0.15) is 0 Å². The highest BCUT2D eigenvalue weighted by atomic mass is 127. The van der Waals surface area contributed by atoms with Crippen molar-refractivity contribution < 1.29 is 9.53 Å². The van der Waals surface area contributed by atoms with Gasteiger partial charge < -0.3 is 19.9 Å². The lowest BCUT2D eigenvalue weighted by molar-refractivity contribution is -0.146.